The van der Waals surface area contributed by atoms with Gasteiger partial charge in [-0.1, -0.05) is 48.5 Å². The van der Waals surface area contributed by atoms with E-state index in [9.17, 15) is 4.79 Å². The van der Waals surface area contributed by atoms with E-state index in [2.05, 4.69) is 33.6 Å². The Morgan fingerprint density at radius 3 is 2.65 bits per heavy atom. The summed E-state index contributed by atoms with van der Waals surface area (Å²) in [5, 5.41) is 9.54. The van der Waals surface area contributed by atoms with Crippen LogP contribution in [0.3, 0.4) is 0 Å². The molecule has 0 fully saturated rings. The quantitative estimate of drug-likeness (QED) is 0.602. The maximum Gasteiger partial charge on any atom is 0.229 e. The molecule has 0 unspecified atom stereocenters. The van der Waals surface area contributed by atoms with Gasteiger partial charge in [-0.3, -0.25) is 14.5 Å². The first-order valence-corrected chi connectivity index (χ1v) is 8.47. The zero-order valence-corrected chi connectivity index (χ0v) is 14.2. The van der Waals surface area contributed by atoms with Crippen molar-refractivity contribution in [2.75, 3.05) is 5.32 Å². The van der Waals surface area contributed by atoms with Crippen molar-refractivity contribution < 1.29 is 4.79 Å². The molecule has 0 spiro atoms. The molecule has 0 radical (unpaired) electrons. The molecule has 26 heavy (non-hydrogen) atoms. The second-order valence-corrected chi connectivity index (χ2v) is 6.13. The van der Waals surface area contributed by atoms with Gasteiger partial charge in [0.15, 0.2) is 5.82 Å². The largest absolute Gasteiger partial charge is 0.309 e. The minimum absolute atomic E-state index is 0.0802. The van der Waals surface area contributed by atoms with E-state index in [-0.39, 0.29) is 5.91 Å². The maximum atomic E-state index is 12.3. The van der Waals surface area contributed by atoms with E-state index in [1.807, 2.05) is 48.7 Å². The molecule has 128 valence electrons. The van der Waals surface area contributed by atoms with Crippen molar-refractivity contribution in [3.05, 3.63) is 90.4 Å². The number of nitrogens with zero attached hydrogens (tertiary/aromatic N) is 3. The van der Waals surface area contributed by atoms with Gasteiger partial charge in [-0.05, 0) is 28.5 Å². The van der Waals surface area contributed by atoms with E-state index < -0.39 is 0 Å². The average Bonchev–Trinajstić information content (AvgIpc) is 3.09. The van der Waals surface area contributed by atoms with Crippen LogP contribution in [0, 0.1) is 0 Å². The van der Waals surface area contributed by atoms with Crippen molar-refractivity contribution in [2.45, 2.75) is 13.0 Å². The number of amides is 1. The van der Waals surface area contributed by atoms with Crippen molar-refractivity contribution in [3.63, 3.8) is 0 Å². The Labute approximate surface area is 151 Å². The van der Waals surface area contributed by atoms with Crippen LogP contribution in [0.4, 0.5) is 5.82 Å². The van der Waals surface area contributed by atoms with E-state index in [0.717, 1.165) is 16.6 Å². The monoisotopic (exact) mass is 342 g/mol. The normalized spacial score (nSPS) is 10.8. The third-order valence-corrected chi connectivity index (χ3v) is 4.14. The van der Waals surface area contributed by atoms with Gasteiger partial charge in [0.05, 0.1) is 18.7 Å². The molecule has 0 saturated carbocycles. The van der Waals surface area contributed by atoms with Crippen LogP contribution < -0.4 is 5.32 Å². The van der Waals surface area contributed by atoms with Crippen molar-refractivity contribution in [1.82, 2.24) is 14.8 Å². The summed E-state index contributed by atoms with van der Waals surface area (Å²) in [6.07, 6.45) is 3.91. The molecule has 2 aromatic carbocycles. The Hall–Kier alpha value is -3.47. The lowest BCUT2D eigenvalue weighted by Crippen LogP contribution is -2.15. The Morgan fingerprint density at radius 1 is 0.962 bits per heavy atom. The number of rotatable bonds is 5. The van der Waals surface area contributed by atoms with Gasteiger partial charge in [-0.25, -0.2) is 0 Å². The lowest BCUT2D eigenvalue weighted by molar-refractivity contribution is -0.115. The molecule has 2 aromatic heterocycles. The second kappa shape index (κ2) is 7.19. The summed E-state index contributed by atoms with van der Waals surface area (Å²) in [5.41, 5.74) is 1.90. The SMILES string of the molecule is O=C(Cc1ccc2ccccc2c1)Nc1ccn(Cc2ccccn2)n1. The highest BCUT2D eigenvalue weighted by atomic mass is 16.1. The predicted octanol–water partition coefficient (Wildman–Crippen LogP) is 3.66. The van der Waals surface area contributed by atoms with Gasteiger partial charge in [0.1, 0.15) is 0 Å². The number of nitrogens with one attached hydrogen (secondary N) is 1. The Kier molecular flexibility index (Phi) is 4.43. The molecule has 5 nitrogen and oxygen atoms in total. The predicted molar refractivity (Wildman–Crippen MR) is 102 cm³/mol. The summed E-state index contributed by atoms with van der Waals surface area (Å²) in [4.78, 5) is 16.6. The summed E-state index contributed by atoms with van der Waals surface area (Å²) in [5.74, 6) is 0.468. The number of anilines is 1. The number of carbonyl (C=O) groups is 1. The Bertz CT molecular complexity index is 1040. The zero-order chi connectivity index (χ0) is 17.8. The fourth-order valence-electron chi connectivity index (χ4n) is 2.90. The number of hydrogen-bond donors (Lipinski definition) is 1. The fraction of sp³-hybridized carbons (Fsp3) is 0.0952. The minimum Gasteiger partial charge on any atom is -0.309 e. The first-order chi connectivity index (χ1) is 12.8. The Morgan fingerprint density at radius 2 is 1.81 bits per heavy atom. The van der Waals surface area contributed by atoms with Gasteiger partial charge in [0.2, 0.25) is 5.91 Å². The molecule has 0 bridgehead atoms. The van der Waals surface area contributed by atoms with Crippen molar-refractivity contribution in [3.8, 4) is 0 Å². The summed E-state index contributed by atoms with van der Waals surface area (Å²) in [6.45, 7) is 0.571. The molecule has 5 heteroatoms. The van der Waals surface area contributed by atoms with Crippen molar-refractivity contribution in [1.29, 1.82) is 0 Å². The molecule has 0 saturated heterocycles. The zero-order valence-electron chi connectivity index (χ0n) is 14.2. The van der Waals surface area contributed by atoms with Crippen molar-refractivity contribution in [2.24, 2.45) is 0 Å². The molecule has 0 aliphatic carbocycles. The third kappa shape index (κ3) is 3.78. The smallest absolute Gasteiger partial charge is 0.229 e. The molecular weight excluding hydrogens is 324 g/mol. The van der Waals surface area contributed by atoms with Crippen LogP contribution in [-0.2, 0) is 17.8 Å². The van der Waals surface area contributed by atoms with Crippen LogP contribution in [0.25, 0.3) is 10.8 Å². The first kappa shape index (κ1) is 16.0. The molecule has 1 amide bonds. The average molecular weight is 342 g/mol. The van der Waals surface area contributed by atoms with Crippen LogP contribution in [0.5, 0.6) is 0 Å². The highest BCUT2D eigenvalue weighted by Crippen LogP contribution is 2.16. The molecule has 0 atom stereocenters. The van der Waals surface area contributed by atoms with Gasteiger partial charge >= 0.3 is 0 Å². The van der Waals surface area contributed by atoms with Crippen LogP contribution in [0.15, 0.2) is 79.1 Å². The van der Waals surface area contributed by atoms with Crippen LogP contribution in [0.2, 0.25) is 0 Å². The van der Waals surface area contributed by atoms with Crippen LogP contribution in [0.1, 0.15) is 11.3 Å². The minimum atomic E-state index is -0.0802. The molecule has 0 aliphatic rings. The maximum absolute atomic E-state index is 12.3. The van der Waals surface area contributed by atoms with Gasteiger partial charge in [0, 0.05) is 18.5 Å². The van der Waals surface area contributed by atoms with E-state index in [4.69, 9.17) is 0 Å². The number of fused-ring (bicyclic) bond motifs is 1. The van der Waals surface area contributed by atoms with E-state index >= 15 is 0 Å². The van der Waals surface area contributed by atoms with Crippen LogP contribution >= 0.6 is 0 Å². The summed E-state index contributed by atoms with van der Waals surface area (Å²) in [6, 6.07) is 21.8. The Balaban J connectivity index is 1.40. The number of aromatic nitrogens is 3. The van der Waals surface area contributed by atoms with Gasteiger partial charge in [0.25, 0.3) is 0 Å². The topological polar surface area (TPSA) is 59.8 Å². The van der Waals surface area contributed by atoms with E-state index in [0.29, 0.717) is 18.8 Å². The summed E-state index contributed by atoms with van der Waals surface area (Å²) in [7, 11) is 0. The summed E-state index contributed by atoms with van der Waals surface area (Å²) < 4.78 is 1.76. The first-order valence-electron chi connectivity index (χ1n) is 8.47. The number of benzene rings is 2. The van der Waals surface area contributed by atoms with E-state index in [1.165, 1.54) is 5.39 Å². The summed E-state index contributed by atoms with van der Waals surface area (Å²) >= 11 is 0. The van der Waals surface area contributed by atoms with Gasteiger partial charge < -0.3 is 5.32 Å². The highest BCUT2D eigenvalue weighted by molar-refractivity contribution is 5.92. The molecule has 1 N–H and O–H groups in total. The van der Waals surface area contributed by atoms with E-state index in [1.54, 1.807) is 16.9 Å². The van der Waals surface area contributed by atoms with Crippen molar-refractivity contribution >= 4 is 22.5 Å². The third-order valence-electron chi connectivity index (χ3n) is 4.14. The molecular formula is C21H18N4O. The lowest BCUT2D eigenvalue weighted by Gasteiger charge is -2.05. The highest BCUT2D eigenvalue weighted by Gasteiger charge is 2.07. The second-order valence-electron chi connectivity index (χ2n) is 6.13. The number of pyridine rings is 1. The molecule has 2 heterocycles. The fourth-order valence-corrected chi connectivity index (χ4v) is 2.90. The lowest BCUT2D eigenvalue weighted by atomic mass is 10.1. The number of hydrogen-bond acceptors (Lipinski definition) is 3. The van der Waals surface area contributed by atoms with Gasteiger partial charge in [-0.15, -0.1) is 0 Å². The number of carbonyl (C=O) groups excluding carboxylic acids is 1. The molecule has 4 aromatic rings. The molecule has 4 rings (SSSR count). The van der Waals surface area contributed by atoms with Gasteiger partial charge in [-0.2, -0.15) is 5.10 Å². The standard InChI is InChI=1S/C21H18N4O/c26-21(14-16-8-9-17-5-1-2-6-18(17)13-16)23-20-10-12-25(24-20)15-19-7-3-4-11-22-19/h1-13H,14-15H2,(H,23,24,26). The van der Waals surface area contributed by atoms with Crippen LogP contribution in [-0.4, -0.2) is 20.7 Å². The molecule has 0 aliphatic heterocycles.